The van der Waals surface area contributed by atoms with Gasteiger partial charge in [0.2, 0.25) is 5.95 Å². The number of aryl methyl sites for hydroxylation is 1. The summed E-state index contributed by atoms with van der Waals surface area (Å²) in [4.78, 5) is 10.5. The minimum Gasteiger partial charge on any atom is -0.368 e. The molecule has 6 heteroatoms. The van der Waals surface area contributed by atoms with Gasteiger partial charge in [-0.05, 0) is 49.1 Å². The molecule has 1 aliphatic rings. The number of nitriles is 1. The third kappa shape index (κ3) is 4.31. The summed E-state index contributed by atoms with van der Waals surface area (Å²) in [6, 6.07) is 18.8. The second-order valence-electron chi connectivity index (χ2n) is 7.94. The summed E-state index contributed by atoms with van der Waals surface area (Å²) in [5.41, 5.74) is 13.2. The lowest BCUT2D eigenvalue weighted by Gasteiger charge is -2.38. The lowest BCUT2D eigenvalue weighted by atomic mass is 9.89. The van der Waals surface area contributed by atoms with Crippen LogP contribution in [0, 0.1) is 11.3 Å². The summed E-state index contributed by atoms with van der Waals surface area (Å²) < 4.78 is 0. The van der Waals surface area contributed by atoms with Gasteiger partial charge < -0.3 is 16.0 Å². The van der Waals surface area contributed by atoms with Gasteiger partial charge in [-0.15, -0.1) is 0 Å². The summed E-state index contributed by atoms with van der Waals surface area (Å²) in [5, 5.41) is 12.9. The maximum Gasteiger partial charge on any atom is 0.222 e. The molecule has 0 unspecified atom stereocenters. The molecule has 1 aromatic heterocycles. The van der Waals surface area contributed by atoms with Gasteiger partial charge in [0.05, 0.1) is 17.9 Å². The standard InChI is InChI=1S/C27H28N6/c1-4-10-23-25-19(5-2)11-9-12-20(25)15-24(33(23)22-13-7-6-8-14-22)18(3)31-26-21(16-28)17-30-27(29)32-26/h6-15,17-18H,4-5H2,1-3H3,(H3,29,30,31,32)/t18-/m0/s1. The Kier molecular flexibility index (Phi) is 6.41. The number of nitrogens with two attached hydrogens (primary N) is 1. The Bertz CT molecular complexity index is 1250. The highest BCUT2D eigenvalue weighted by atomic mass is 15.2. The summed E-state index contributed by atoms with van der Waals surface area (Å²) in [6.07, 6.45) is 7.82. The number of anilines is 3. The molecule has 2 aromatic carbocycles. The summed E-state index contributed by atoms with van der Waals surface area (Å²) in [7, 11) is 0. The van der Waals surface area contributed by atoms with E-state index >= 15 is 0 Å². The van der Waals surface area contributed by atoms with E-state index in [2.05, 4.69) is 102 Å². The van der Waals surface area contributed by atoms with Crippen LogP contribution in [0.5, 0.6) is 0 Å². The van der Waals surface area contributed by atoms with E-state index in [4.69, 9.17) is 5.73 Å². The van der Waals surface area contributed by atoms with Crippen LogP contribution >= 0.6 is 0 Å². The van der Waals surface area contributed by atoms with Crippen molar-refractivity contribution in [1.82, 2.24) is 9.97 Å². The number of nitrogens with one attached hydrogen (secondary N) is 1. The first kappa shape index (κ1) is 22.1. The average Bonchev–Trinajstić information content (AvgIpc) is 2.84. The Morgan fingerprint density at radius 2 is 1.94 bits per heavy atom. The number of hydrogen-bond donors (Lipinski definition) is 2. The molecule has 0 radical (unpaired) electrons. The summed E-state index contributed by atoms with van der Waals surface area (Å²) >= 11 is 0. The van der Waals surface area contributed by atoms with Crippen molar-refractivity contribution in [3.63, 3.8) is 0 Å². The smallest absolute Gasteiger partial charge is 0.222 e. The molecule has 6 nitrogen and oxygen atoms in total. The normalized spacial score (nSPS) is 14.9. The van der Waals surface area contributed by atoms with Crippen molar-refractivity contribution in [2.45, 2.75) is 39.7 Å². The zero-order valence-corrected chi connectivity index (χ0v) is 19.2. The van der Waals surface area contributed by atoms with Crippen molar-refractivity contribution >= 4 is 29.2 Å². The molecule has 4 rings (SSSR count). The third-order valence-corrected chi connectivity index (χ3v) is 5.76. The van der Waals surface area contributed by atoms with Crippen LogP contribution in [-0.4, -0.2) is 16.0 Å². The summed E-state index contributed by atoms with van der Waals surface area (Å²) in [6.45, 7) is 6.42. The Hall–Kier alpha value is -4.11. The van der Waals surface area contributed by atoms with Crippen LogP contribution in [0.3, 0.4) is 0 Å². The van der Waals surface area contributed by atoms with Crippen molar-refractivity contribution in [3.8, 4) is 6.07 Å². The van der Waals surface area contributed by atoms with Crippen molar-refractivity contribution in [1.29, 1.82) is 5.26 Å². The number of fused-ring (bicyclic) bond motifs is 1. The number of nitrogens with zero attached hydrogens (tertiary/aromatic N) is 4. The molecule has 1 aliphatic heterocycles. The molecule has 33 heavy (non-hydrogen) atoms. The fourth-order valence-electron chi connectivity index (χ4n) is 4.26. The molecule has 1 atom stereocenters. The average molecular weight is 437 g/mol. The van der Waals surface area contributed by atoms with Crippen LogP contribution in [-0.2, 0) is 6.42 Å². The van der Waals surface area contributed by atoms with Gasteiger partial charge in [-0.2, -0.15) is 10.2 Å². The van der Waals surface area contributed by atoms with Crippen molar-refractivity contribution in [2.75, 3.05) is 16.0 Å². The maximum absolute atomic E-state index is 9.52. The van der Waals surface area contributed by atoms with Gasteiger partial charge in [0.25, 0.3) is 0 Å². The number of aromatic nitrogens is 2. The second-order valence-corrected chi connectivity index (χ2v) is 7.94. The van der Waals surface area contributed by atoms with Gasteiger partial charge in [0, 0.05) is 16.9 Å². The third-order valence-electron chi connectivity index (χ3n) is 5.76. The number of hydrogen-bond acceptors (Lipinski definition) is 6. The van der Waals surface area contributed by atoms with E-state index in [1.54, 1.807) is 0 Å². The minimum absolute atomic E-state index is 0.130. The zero-order chi connectivity index (χ0) is 23.4. The molecule has 166 valence electrons. The first-order chi connectivity index (χ1) is 16.1. The maximum atomic E-state index is 9.52. The van der Waals surface area contributed by atoms with Crippen LogP contribution < -0.4 is 16.0 Å². The summed E-state index contributed by atoms with van der Waals surface area (Å²) in [5.74, 6) is 0.561. The topological polar surface area (TPSA) is 90.9 Å². The fraction of sp³-hybridized carbons (Fsp3) is 0.222. The van der Waals surface area contributed by atoms with Gasteiger partial charge in [0.1, 0.15) is 17.5 Å². The van der Waals surface area contributed by atoms with Crippen molar-refractivity contribution in [3.05, 3.63) is 88.8 Å². The molecular weight excluding hydrogens is 408 g/mol. The Morgan fingerprint density at radius 1 is 1.15 bits per heavy atom. The lowest BCUT2D eigenvalue weighted by Crippen LogP contribution is -2.34. The molecule has 0 fully saturated rings. The molecule has 3 N–H and O–H groups in total. The molecule has 0 spiro atoms. The lowest BCUT2D eigenvalue weighted by molar-refractivity contribution is 0.877. The van der Waals surface area contributed by atoms with E-state index in [1.165, 1.54) is 28.6 Å². The molecule has 3 aromatic rings. The number of para-hydroxylation sites is 1. The molecule has 0 saturated carbocycles. The van der Waals surface area contributed by atoms with Gasteiger partial charge in [-0.3, -0.25) is 0 Å². The molecule has 0 aliphatic carbocycles. The molecule has 0 saturated heterocycles. The number of rotatable bonds is 6. The predicted molar refractivity (Wildman–Crippen MR) is 135 cm³/mol. The van der Waals surface area contributed by atoms with E-state index in [9.17, 15) is 5.26 Å². The molecule has 2 heterocycles. The first-order valence-electron chi connectivity index (χ1n) is 11.3. The Balaban J connectivity index is 1.88. The van der Waals surface area contributed by atoms with Gasteiger partial charge in [-0.1, -0.05) is 56.3 Å². The Labute approximate surface area is 195 Å². The second kappa shape index (κ2) is 9.58. The SMILES string of the molecule is CCC=C1c2c(cccc2CC)C=C([C@H](C)Nc2nc(N)ncc2C#N)N1c1ccccc1. The van der Waals surface area contributed by atoms with Crippen LogP contribution in [0.2, 0.25) is 0 Å². The van der Waals surface area contributed by atoms with Crippen LogP contribution in [0.1, 0.15) is 49.4 Å². The highest BCUT2D eigenvalue weighted by Gasteiger charge is 2.29. The molecular formula is C27H28N6. The van der Waals surface area contributed by atoms with E-state index in [1.807, 2.05) is 6.07 Å². The van der Waals surface area contributed by atoms with E-state index in [-0.39, 0.29) is 12.0 Å². The van der Waals surface area contributed by atoms with E-state index in [0.29, 0.717) is 11.4 Å². The van der Waals surface area contributed by atoms with Gasteiger partial charge in [-0.25, -0.2) is 4.98 Å². The minimum atomic E-state index is -0.162. The van der Waals surface area contributed by atoms with Crippen molar-refractivity contribution in [2.24, 2.45) is 0 Å². The van der Waals surface area contributed by atoms with Gasteiger partial charge in [0.15, 0.2) is 0 Å². The first-order valence-corrected chi connectivity index (χ1v) is 11.3. The largest absolute Gasteiger partial charge is 0.368 e. The number of benzene rings is 2. The van der Waals surface area contributed by atoms with E-state index in [0.717, 1.165) is 24.2 Å². The zero-order valence-electron chi connectivity index (χ0n) is 19.2. The highest BCUT2D eigenvalue weighted by molar-refractivity contribution is 5.93. The van der Waals surface area contributed by atoms with Crippen molar-refractivity contribution < 1.29 is 0 Å². The molecule has 0 bridgehead atoms. The fourth-order valence-corrected chi connectivity index (χ4v) is 4.26. The van der Waals surface area contributed by atoms with E-state index < -0.39 is 0 Å². The monoisotopic (exact) mass is 436 g/mol. The van der Waals surface area contributed by atoms with Gasteiger partial charge >= 0.3 is 0 Å². The predicted octanol–water partition coefficient (Wildman–Crippen LogP) is 5.61. The molecule has 0 amide bonds. The number of nitrogen functional groups attached to an aromatic ring is 1. The quantitative estimate of drug-likeness (QED) is 0.522. The number of allylic oxidation sites excluding steroid dienone is 1. The Morgan fingerprint density at radius 3 is 2.64 bits per heavy atom. The van der Waals surface area contributed by atoms with Crippen LogP contribution in [0.4, 0.5) is 17.5 Å². The van der Waals surface area contributed by atoms with Crippen LogP contribution in [0.25, 0.3) is 11.8 Å². The van der Waals surface area contributed by atoms with Crippen LogP contribution in [0.15, 0.2) is 66.5 Å². The highest BCUT2D eigenvalue weighted by Crippen LogP contribution is 2.41.